The van der Waals surface area contributed by atoms with E-state index in [9.17, 15) is 28.8 Å². The number of hydrogen-bond acceptors (Lipinski definition) is 32. The van der Waals surface area contributed by atoms with Crippen molar-refractivity contribution in [3.8, 4) is 34.5 Å². The first-order chi connectivity index (χ1) is 67.8. The Morgan fingerprint density at radius 3 is 0.688 bits per heavy atom. The molecule has 6 atom stereocenters. The number of aromatic nitrogens is 12. The summed E-state index contributed by atoms with van der Waals surface area (Å²) in [6, 6.07) is 40.2. The Labute approximate surface area is 833 Å². The maximum atomic E-state index is 12.5. The summed E-state index contributed by atoms with van der Waals surface area (Å²) in [5.41, 5.74) is 14.3. The van der Waals surface area contributed by atoms with Gasteiger partial charge in [-0.2, -0.15) is 0 Å². The van der Waals surface area contributed by atoms with E-state index in [0.29, 0.717) is 144 Å². The van der Waals surface area contributed by atoms with Gasteiger partial charge in [-0.15, -0.1) is 22.7 Å². The number of ketones is 6. The third kappa shape index (κ3) is 36.7. The molecule has 18 rings (SSSR count). The molecule has 0 bridgehead atoms. The number of carbonyl (C=O) groups is 6. The van der Waals surface area contributed by atoms with Crippen molar-refractivity contribution < 1.29 is 85.6 Å². The normalized spacial score (nSPS) is 17.1. The monoisotopic (exact) mass is 1960 g/mol. The molecule has 0 aromatic carbocycles. The van der Waals surface area contributed by atoms with Crippen LogP contribution in [0.1, 0.15) is 198 Å². The Morgan fingerprint density at radius 1 is 0.277 bits per heavy atom. The van der Waals surface area contributed by atoms with Crippen molar-refractivity contribution in [2.75, 3.05) is 119 Å². The molecule has 6 aliphatic rings. The molecule has 0 N–H and O–H groups in total. The average Bonchev–Trinajstić information content (AvgIpc) is 1.82. The molecule has 32 heteroatoms. The van der Waals surface area contributed by atoms with Crippen molar-refractivity contribution >= 4 is 57.4 Å². The first kappa shape index (κ1) is 107. The van der Waals surface area contributed by atoms with Gasteiger partial charge in [-0.25, -0.2) is 39.9 Å². The molecule has 0 unspecified atom stereocenters. The number of carbonyl (C=O) groups excluding carboxylic acids is 6. The van der Waals surface area contributed by atoms with Gasteiger partial charge in [0.2, 0.25) is 0 Å². The Morgan fingerprint density at radius 2 is 0.504 bits per heavy atom. The van der Waals surface area contributed by atoms with E-state index in [-0.39, 0.29) is 80.7 Å². The van der Waals surface area contributed by atoms with E-state index in [4.69, 9.17) is 56.8 Å². The fourth-order valence-electron chi connectivity index (χ4n) is 15.4. The number of Topliss-reactive ketones (excluding diaryl/α,β-unsaturated/α-hetero) is 6. The molecule has 18 heterocycles. The van der Waals surface area contributed by atoms with Crippen molar-refractivity contribution in [3.63, 3.8) is 0 Å². The Bertz CT molecular complexity index is 5650. The molecular formula is C109H128N12O18S2. The van der Waals surface area contributed by atoms with E-state index in [1.54, 1.807) is 61.2 Å². The second-order valence-electron chi connectivity index (χ2n) is 35.9. The lowest BCUT2D eigenvalue weighted by Crippen LogP contribution is -2.13. The van der Waals surface area contributed by atoms with E-state index < -0.39 is 0 Å². The van der Waals surface area contributed by atoms with Crippen LogP contribution in [0.3, 0.4) is 0 Å². The second-order valence-corrected chi connectivity index (χ2v) is 37.8. The van der Waals surface area contributed by atoms with E-state index in [2.05, 4.69) is 59.8 Å². The van der Waals surface area contributed by atoms with Crippen LogP contribution >= 0.6 is 22.7 Å². The van der Waals surface area contributed by atoms with Crippen LogP contribution in [0.25, 0.3) is 0 Å². The van der Waals surface area contributed by atoms with Gasteiger partial charge in [0.25, 0.3) is 0 Å². The zero-order valence-corrected chi connectivity index (χ0v) is 83.0. The van der Waals surface area contributed by atoms with Crippen LogP contribution < -0.4 is 28.4 Å². The van der Waals surface area contributed by atoms with Crippen molar-refractivity contribution in [2.45, 2.75) is 154 Å². The van der Waals surface area contributed by atoms with Crippen LogP contribution in [0.2, 0.25) is 0 Å². The summed E-state index contributed by atoms with van der Waals surface area (Å²) in [6.07, 6.45) is 14.6. The predicted octanol–water partition coefficient (Wildman–Crippen LogP) is 17.7. The van der Waals surface area contributed by atoms with Crippen molar-refractivity contribution in [2.24, 2.45) is 35.5 Å². The van der Waals surface area contributed by atoms with Crippen molar-refractivity contribution in [3.05, 3.63) is 293 Å². The van der Waals surface area contributed by atoms with Gasteiger partial charge in [-0.3, -0.25) is 48.7 Å². The average molecular weight is 1960 g/mol. The third-order valence-electron chi connectivity index (χ3n) is 23.1. The van der Waals surface area contributed by atoms with Crippen LogP contribution in [0.4, 0.5) is 0 Å². The molecule has 12 aromatic rings. The number of thiazole rings is 2. The minimum atomic E-state index is -0.0542. The molecule has 0 amide bonds. The number of pyridine rings is 10. The van der Waals surface area contributed by atoms with Crippen LogP contribution in [-0.2, 0) is 66.9 Å². The molecule has 0 radical (unpaired) electrons. The topological polar surface area (TPSA) is 368 Å². The van der Waals surface area contributed by atoms with Crippen LogP contribution in [0.15, 0.2) is 169 Å². The highest BCUT2D eigenvalue weighted by Gasteiger charge is 2.26. The highest BCUT2D eigenvalue weighted by Crippen LogP contribution is 2.29. The molecular weight excluding hydrogens is 1830 g/mol. The van der Waals surface area contributed by atoms with Gasteiger partial charge in [0.1, 0.15) is 78.7 Å². The minimum absolute atomic E-state index is 0. The summed E-state index contributed by atoms with van der Waals surface area (Å²) < 4.78 is 67.1. The third-order valence-corrected chi connectivity index (χ3v) is 25.0. The van der Waals surface area contributed by atoms with Crippen molar-refractivity contribution in [1.82, 2.24) is 59.8 Å². The highest BCUT2D eigenvalue weighted by atomic mass is 32.1. The quantitative estimate of drug-likeness (QED) is 0.0329. The van der Waals surface area contributed by atoms with Gasteiger partial charge >= 0.3 is 0 Å². The number of nitrogens with zero attached hydrogens (tertiary/aromatic N) is 12. The molecule has 6 saturated heterocycles. The van der Waals surface area contributed by atoms with Gasteiger partial charge in [-0.05, 0) is 155 Å². The maximum absolute atomic E-state index is 12.5. The first-order valence-corrected chi connectivity index (χ1v) is 49.4. The minimum Gasteiger partial charge on any atom is -0.493 e. The lowest BCUT2D eigenvalue weighted by molar-refractivity contribution is 0.0978. The van der Waals surface area contributed by atoms with Gasteiger partial charge in [0.05, 0.1) is 118 Å². The summed E-state index contributed by atoms with van der Waals surface area (Å²) >= 11 is 3.01. The van der Waals surface area contributed by atoms with Crippen LogP contribution in [-0.4, -0.2) is 213 Å². The van der Waals surface area contributed by atoms with Gasteiger partial charge in [-0.1, -0.05) is 31.7 Å². The predicted molar refractivity (Wildman–Crippen MR) is 535 cm³/mol. The largest absolute Gasteiger partial charge is 0.493 e. The molecule has 744 valence electrons. The number of hydrogen-bond donors (Lipinski definition) is 0. The fraction of sp³-hybridized carbons (Fsp3) is 0.431. The standard InChI is InChI=1S/2C19H22N2O3.2C18H20N2O3.2C17H20N2O3S.CH4/c2*1-13-3-4-16(20-10-13)8-19(22)18-9-17(7-14(2)21-18)24-12-15-5-6-23-11-15;2*1-13-8-16(23-12-14-5-7-22-11-14)10-17(20-13)18(21)9-15-4-2-3-6-19-15;2*1-11-5-14(22-9-13-3-4-21-8-13)6-15(18-11)16(20)7-17-19-12(2)10-23-17;/h2*3-4,7,9-10,15H,5-6,8,11-12H2,1-2H3;2*2-4,6,8,10,14H,5,7,9,11-12H2,1H3;2*5-6,10,13H,3-4,7-9H2,1-2H3;1H4/t2*15-;2*14-;2*13-;/m101010./s1. The Balaban J connectivity index is 0.000000151. The van der Waals surface area contributed by atoms with E-state index in [1.165, 1.54) is 22.7 Å². The van der Waals surface area contributed by atoms with E-state index in [1.807, 2.05) is 177 Å². The molecule has 30 nitrogen and oxygen atoms in total. The van der Waals surface area contributed by atoms with Crippen molar-refractivity contribution in [1.29, 1.82) is 0 Å². The van der Waals surface area contributed by atoms with Gasteiger partial charge in [0, 0.05) is 252 Å². The summed E-state index contributed by atoms with van der Waals surface area (Å²) in [4.78, 5) is 126. The summed E-state index contributed by atoms with van der Waals surface area (Å²) in [6.45, 7) is 32.0. The smallest absolute Gasteiger partial charge is 0.188 e. The Kier molecular flexibility index (Phi) is 42.2. The second kappa shape index (κ2) is 55.5. The molecule has 12 aromatic heterocycles. The zero-order chi connectivity index (χ0) is 98.5. The van der Waals surface area contributed by atoms with Crippen LogP contribution in [0, 0.1) is 105 Å². The molecule has 6 aliphatic heterocycles. The maximum Gasteiger partial charge on any atom is 0.188 e. The molecule has 0 saturated carbocycles. The van der Waals surface area contributed by atoms with Gasteiger partial charge in [0.15, 0.2) is 34.7 Å². The molecule has 141 heavy (non-hydrogen) atoms. The fourth-order valence-corrected chi connectivity index (χ4v) is 16.9. The molecule has 0 aliphatic carbocycles. The lowest BCUT2D eigenvalue weighted by Gasteiger charge is -2.12. The number of aryl methyl sites for hydroxylation is 10. The lowest BCUT2D eigenvalue weighted by atomic mass is 10.1. The summed E-state index contributed by atoms with van der Waals surface area (Å²) in [5.74, 6) is 6.45. The zero-order valence-electron chi connectivity index (χ0n) is 81.4. The van der Waals surface area contributed by atoms with Crippen LogP contribution in [0.5, 0.6) is 34.5 Å². The summed E-state index contributed by atoms with van der Waals surface area (Å²) in [7, 11) is 0. The SMILES string of the molecule is C.Cc1cc(OC[C@@H]2CCOC2)cc(C(=O)Cc2ccccn2)n1.Cc1cc(OC[C@@H]2CCOC2)cc(C(=O)Cc2nc(C)cs2)n1.Cc1cc(OC[C@H]2CCOC2)cc(C(=O)Cc2ccccn2)n1.Cc1cc(OC[C@H]2CCOC2)cc(C(=O)Cc2nc(C)cs2)n1.Cc1ccc(CC(=O)c2cc(OC[C@@H]3CCOC3)cc(C)n2)nc1.Cc1ccc(CC(=O)c2cc(OC[C@H]3CCOC3)cc(C)n2)nc1. The first-order valence-electron chi connectivity index (χ1n) is 47.6. The number of ether oxygens (including phenoxy) is 12. The summed E-state index contributed by atoms with van der Waals surface area (Å²) in [5, 5.41) is 5.54. The Hall–Kier alpha value is -12.7. The highest BCUT2D eigenvalue weighted by molar-refractivity contribution is 7.10. The van der Waals surface area contributed by atoms with Gasteiger partial charge < -0.3 is 56.8 Å². The number of rotatable bonds is 36. The molecule has 6 fully saturated rings. The van der Waals surface area contributed by atoms with E-state index >= 15 is 0 Å². The van der Waals surface area contributed by atoms with E-state index in [0.717, 1.165) is 207 Å². The molecule has 0 spiro atoms.